The number of hydrogen-bond donors (Lipinski definition) is 1. The Hall–Kier alpha value is -3.39. The Bertz CT molecular complexity index is 966. The average Bonchev–Trinajstić information content (AvgIpc) is 3.03. The van der Waals surface area contributed by atoms with Gasteiger partial charge in [-0.1, -0.05) is 6.07 Å². The number of pyridine rings is 1. The van der Waals surface area contributed by atoms with E-state index in [9.17, 15) is 14.7 Å². The van der Waals surface area contributed by atoms with E-state index in [1.165, 1.54) is 19.1 Å². The lowest BCUT2D eigenvalue weighted by Gasteiger charge is -2.26. The van der Waals surface area contributed by atoms with Gasteiger partial charge in [-0.05, 0) is 56.9 Å². The second-order valence-electron chi connectivity index (χ2n) is 7.47. The highest BCUT2D eigenvalue weighted by atomic mass is 16.5. The Labute approximate surface area is 181 Å². The summed E-state index contributed by atoms with van der Waals surface area (Å²) in [5.41, 5.74) is 0.927. The van der Waals surface area contributed by atoms with Crippen LogP contribution in [0.4, 0.5) is 0 Å². The van der Waals surface area contributed by atoms with E-state index in [0.29, 0.717) is 30.0 Å². The van der Waals surface area contributed by atoms with Crippen LogP contribution in [0, 0.1) is 0 Å². The standard InChI is InChI=1S/C23H27N3O5/c1-25(2)13-6-14-26-20(15-9-11-24-12-10-15)19(22(28)23(26)29)21(27)18-16(30-3)7-5-8-17(18)31-4/h5,7-12,20,27H,6,13-14H2,1-4H3/b21-19+. The molecule has 1 aromatic carbocycles. The molecule has 8 nitrogen and oxygen atoms in total. The molecule has 1 amide bonds. The zero-order chi connectivity index (χ0) is 22.5. The maximum Gasteiger partial charge on any atom is 0.295 e. The quantitative estimate of drug-likeness (QED) is 0.395. The summed E-state index contributed by atoms with van der Waals surface area (Å²) in [5, 5.41) is 11.3. The number of methoxy groups -OCH3 is 2. The number of Topliss-reactive ketones (excluding diaryl/α,β-unsaturated/α-hetero) is 1. The molecular formula is C23H27N3O5. The molecule has 0 spiro atoms. The summed E-state index contributed by atoms with van der Waals surface area (Å²) in [6.07, 6.45) is 3.87. The average molecular weight is 425 g/mol. The van der Waals surface area contributed by atoms with Gasteiger partial charge >= 0.3 is 0 Å². The van der Waals surface area contributed by atoms with Crippen molar-refractivity contribution in [1.29, 1.82) is 0 Å². The molecule has 3 rings (SSSR count). The van der Waals surface area contributed by atoms with Gasteiger partial charge in [-0.25, -0.2) is 0 Å². The molecule has 0 aliphatic carbocycles. The predicted octanol–water partition coefficient (Wildman–Crippen LogP) is 2.47. The summed E-state index contributed by atoms with van der Waals surface area (Å²) in [5.74, 6) is -1.04. The first-order valence-electron chi connectivity index (χ1n) is 9.95. The Morgan fingerprint density at radius 1 is 1.10 bits per heavy atom. The number of carbonyl (C=O) groups excluding carboxylic acids is 2. The minimum absolute atomic E-state index is 0.00357. The highest BCUT2D eigenvalue weighted by Gasteiger charge is 2.46. The number of aliphatic hydroxyl groups is 1. The molecule has 0 radical (unpaired) electrons. The molecule has 1 atom stereocenters. The molecule has 8 heteroatoms. The molecule has 0 bridgehead atoms. The molecule has 1 aliphatic rings. The highest BCUT2D eigenvalue weighted by Crippen LogP contribution is 2.43. The van der Waals surface area contributed by atoms with Crippen molar-refractivity contribution >= 4 is 17.4 Å². The molecule has 1 saturated heterocycles. The SMILES string of the molecule is COc1cccc(OC)c1/C(O)=C1\C(=O)C(=O)N(CCCN(C)C)C1c1ccncc1. The minimum atomic E-state index is -0.739. The fourth-order valence-corrected chi connectivity index (χ4v) is 3.78. The zero-order valence-corrected chi connectivity index (χ0v) is 18.2. The van der Waals surface area contributed by atoms with Crippen LogP contribution in [-0.4, -0.2) is 73.0 Å². The van der Waals surface area contributed by atoms with Crippen molar-refractivity contribution in [2.75, 3.05) is 41.4 Å². The summed E-state index contributed by atoms with van der Waals surface area (Å²) in [6, 6.07) is 7.78. The van der Waals surface area contributed by atoms with Gasteiger partial charge in [0.05, 0.1) is 25.8 Å². The number of hydrogen-bond acceptors (Lipinski definition) is 7. The highest BCUT2D eigenvalue weighted by molar-refractivity contribution is 6.46. The van der Waals surface area contributed by atoms with E-state index in [0.717, 1.165) is 6.54 Å². The van der Waals surface area contributed by atoms with Crippen molar-refractivity contribution < 1.29 is 24.2 Å². The van der Waals surface area contributed by atoms with Crippen LogP contribution >= 0.6 is 0 Å². The molecule has 1 unspecified atom stereocenters. The van der Waals surface area contributed by atoms with Crippen molar-refractivity contribution in [3.05, 3.63) is 59.4 Å². The van der Waals surface area contributed by atoms with Gasteiger partial charge in [0.1, 0.15) is 22.8 Å². The lowest BCUT2D eigenvalue weighted by atomic mass is 9.95. The third-order valence-electron chi connectivity index (χ3n) is 5.23. The molecular weight excluding hydrogens is 398 g/mol. The molecule has 2 aromatic rings. The van der Waals surface area contributed by atoms with Gasteiger partial charge in [-0.15, -0.1) is 0 Å². The van der Waals surface area contributed by atoms with Crippen LogP contribution in [0.2, 0.25) is 0 Å². The van der Waals surface area contributed by atoms with Crippen molar-refractivity contribution in [2.24, 2.45) is 0 Å². The topological polar surface area (TPSA) is 92.2 Å². The molecule has 31 heavy (non-hydrogen) atoms. The van der Waals surface area contributed by atoms with Crippen LogP contribution < -0.4 is 9.47 Å². The van der Waals surface area contributed by atoms with Crippen LogP contribution in [0.5, 0.6) is 11.5 Å². The first kappa shape index (κ1) is 22.3. The number of ketones is 1. The monoisotopic (exact) mass is 425 g/mol. The van der Waals surface area contributed by atoms with E-state index in [1.54, 1.807) is 42.7 Å². The number of aromatic nitrogens is 1. The van der Waals surface area contributed by atoms with Gasteiger partial charge in [-0.2, -0.15) is 0 Å². The van der Waals surface area contributed by atoms with Crippen LogP contribution in [0.15, 0.2) is 48.3 Å². The second-order valence-corrected chi connectivity index (χ2v) is 7.47. The first-order valence-corrected chi connectivity index (χ1v) is 9.95. The lowest BCUT2D eigenvalue weighted by Crippen LogP contribution is -2.32. The predicted molar refractivity (Wildman–Crippen MR) is 116 cm³/mol. The van der Waals surface area contributed by atoms with Crippen molar-refractivity contribution in [3.63, 3.8) is 0 Å². The lowest BCUT2D eigenvalue weighted by molar-refractivity contribution is -0.139. The van der Waals surface area contributed by atoms with E-state index >= 15 is 0 Å². The van der Waals surface area contributed by atoms with Gasteiger partial charge < -0.3 is 24.4 Å². The summed E-state index contributed by atoms with van der Waals surface area (Å²) in [7, 11) is 6.82. The van der Waals surface area contributed by atoms with Gasteiger partial charge in [-0.3, -0.25) is 14.6 Å². The number of amides is 1. The molecule has 2 heterocycles. The largest absolute Gasteiger partial charge is 0.506 e. The van der Waals surface area contributed by atoms with Crippen molar-refractivity contribution in [3.8, 4) is 11.5 Å². The molecule has 1 fully saturated rings. The summed E-state index contributed by atoms with van der Waals surface area (Å²) < 4.78 is 10.8. The summed E-state index contributed by atoms with van der Waals surface area (Å²) >= 11 is 0. The number of ether oxygens (including phenoxy) is 2. The normalized spacial score (nSPS) is 18.0. The van der Waals surface area contributed by atoms with Crippen LogP contribution in [0.1, 0.15) is 23.6 Å². The van der Waals surface area contributed by atoms with Gasteiger partial charge in [0, 0.05) is 18.9 Å². The maximum atomic E-state index is 13.1. The van der Waals surface area contributed by atoms with E-state index in [4.69, 9.17) is 9.47 Å². The summed E-state index contributed by atoms with van der Waals surface area (Å²) in [6.45, 7) is 1.13. The summed E-state index contributed by atoms with van der Waals surface area (Å²) in [4.78, 5) is 33.6. The number of likely N-dealkylation sites (tertiary alicyclic amines) is 1. The number of aliphatic hydroxyl groups excluding tert-OH is 1. The zero-order valence-electron chi connectivity index (χ0n) is 18.2. The Kier molecular flexibility index (Phi) is 6.91. The van der Waals surface area contributed by atoms with Crippen LogP contribution in [0.25, 0.3) is 5.76 Å². The molecule has 1 aliphatic heterocycles. The van der Waals surface area contributed by atoms with Gasteiger partial charge in [0.2, 0.25) is 0 Å². The van der Waals surface area contributed by atoms with Crippen molar-refractivity contribution in [2.45, 2.75) is 12.5 Å². The minimum Gasteiger partial charge on any atom is -0.506 e. The van der Waals surface area contributed by atoms with E-state index in [-0.39, 0.29) is 16.9 Å². The molecule has 164 valence electrons. The third kappa shape index (κ3) is 4.39. The van der Waals surface area contributed by atoms with Gasteiger partial charge in [0.25, 0.3) is 11.7 Å². The Morgan fingerprint density at radius 3 is 2.26 bits per heavy atom. The smallest absolute Gasteiger partial charge is 0.295 e. The van der Waals surface area contributed by atoms with Crippen LogP contribution in [0.3, 0.4) is 0 Å². The number of rotatable bonds is 8. The van der Waals surface area contributed by atoms with Crippen LogP contribution in [-0.2, 0) is 9.59 Å². The molecule has 0 saturated carbocycles. The Morgan fingerprint density at radius 2 is 1.71 bits per heavy atom. The fraction of sp³-hybridized carbons (Fsp3) is 0.348. The van der Waals surface area contributed by atoms with E-state index in [2.05, 4.69) is 4.98 Å². The second kappa shape index (κ2) is 9.61. The molecule has 1 aromatic heterocycles. The van der Waals surface area contributed by atoms with E-state index in [1.807, 2.05) is 19.0 Å². The third-order valence-corrected chi connectivity index (χ3v) is 5.23. The van der Waals surface area contributed by atoms with Gasteiger partial charge in [0.15, 0.2) is 0 Å². The van der Waals surface area contributed by atoms with E-state index < -0.39 is 17.7 Å². The molecule has 1 N–H and O–H groups in total. The van der Waals surface area contributed by atoms with Crippen molar-refractivity contribution in [1.82, 2.24) is 14.8 Å². The number of carbonyl (C=O) groups is 2. The fourth-order valence-electron chi connectivity index (χ4n) is 3.78. The number of nitrogens with zero attached hydrogens (tertiary/aromatic N) is 3. The Balaban J connectivity index is 2.17. The first-order chi connectivity index (χ1) is 14.9. The number of benzene rings is 1. The maximum absolute atomic E-state index is 13.1.